The third-order valence-corrected chi connectivity index (χ3v) is 16.0. The summed E-state index contributed by atoms with van der Waals surface area (Å²) in [6, 6.07) is 70.2. The molecule has 2 heterocycles. The van der Waals surface area contributed by atoms with Gasteiger partial charge in [0.15, 0.2) is 0 Å². The summed E-state index contributed by atoms with van der Waals surface area (Å²) in [5.74, 6) is 0. The average molecular weight is 933 g/mol. The minimum absolute atomic E-state index is 0.221. The molecule has 0 bridgehead atoms. The molecular formula is C63H62B2N2O4. The number of hydrogen-bond acceptors (Lipinski definition) is 6. The van der Waals surface area contributed by atoms with Gasteiger partial charge in [-0.15, -0.1) is 0 Å². The van der Waals surface area contributed by atoms with Crippen molar-refractivity contribution >= 4 is 59.3 Å². The van der Waals surface area contributed by atoms with Crippen molar-refractivity contribution in [2.75, 3.05) is 9.80 Å². The van der Waals surface area contributed by atoms with Gasteiger partial charge in [-0.05, 0) is 184 Å². The molecule has 2 fully saturated rings. The van der Waals surface area contributed by atoms with Gasteiger partial charge in [-0.25, -0.2) is 0 Å². The van der Waals surface area contributed by atoms with Crippen LogP contribution in [-0.4, -0.2) is 36.6 Å². The highest BCUT2D eigenvalue weighted by Crippen LogP contribution is 2.53. The first kappa shape index (κ1) is 46.7. The van der Waals surface area contributed by atoms with E-state index in [4.69, 9.17) is 18.6 Å². The van der Waals surface area contributed by atoms with Crippen LogP contribution in [0.15, 0.2) is 194 Å². The van der Waals surface area contributed by atoms with E-state index in [2.05, 4.69) is 273 Å². The molecule has 0 unspecified atom stereocenters. The zero-order chi connectivity index (χ0) is 49.5. The monoisotopic (exact) mass is 932 g/mol. The quantitative estimate of drug-likeness (QED) is 0.127. The number of fused-ring (bicyclic) bond motifs is 3. The van der Waals surface area contributed by atoms with E-state index in [0.29, 0.717) is 0 Å². The molecule has 0 spiro atoms. The molecule has 0 radical (unpaired) electrons. The lowest BCUT2D eigenvalue weighted by atomic mass is 9.79. The lowest BCUT2D eigenvalue weighted by Crippen LogP contribution is -2.41. The van der Waals surface area contributed by atoms with Crippen LogP contribution in [0.2, 0.25) is 0 Å². The second kappa shape index (κ2) is 17.3. The maximum atomic E-state index is 6.47. The molecule has 2 saturated heterocycles. The summed E-state index contributed by atoms with van der Waals surface area (Å²) in [6.07, 6.45) is 0. The Hall–Kier alpha value is -6.67. The highest BCUT2D eigenvalue weighted by molar-refractivity contribution is 6.62. The fourth-order valence-electron chi connectivity index (χ4n) is 10.3. The molecule has 3 aliphatic rings. The molecule has 6 nitrogen and oxygen atoms in total. The van der Waals surface area contributed by atoms with Gasteiger partial charge in [-0.2, -0.15) is 0 Å². The van der Waals surface area contributed by atoms with Crippen LogP contribution in [0.25, 0.3) is 33.4 Å². The van der Waals surface area contributed by atoms with E-state index in [1.807, 2.05) is 0 Å². The molecule has 0 aromatic heterocycles. The lowest BCUT2D eigenvalue weighted by molar-refractivity contribution is 0.00578. The van der Waals surface area contributed by atoms with Crippen molar-refractivity contribution in [1.82, 2.24) is 0 Å². The largest absolute Gasteiger partial charge is 0.494 e. The van der Waals surface area contributed by atoms with E-state index < -0.39 is 36.6 Å². The van der Waals surface area contributed by atoms with Crippen molar-refractivity contribution in [3.05, 3.63) is 205 Å². The van der Waals surface area contributed by atoms with Crippen molar-refractivity contribution in [3.8, 4) is 33.4 Å². The van der Waals surface area contributed by atoms with Crippen molar-refractivity contribution in [2.45, 2.75) is 97.1 Å². The van der Waals surface area contributed by atoms with Crippen LogP contribution in [-0.2, 0) is 24.0 Å². The molecule has 0 amide bonds. The summed E-state index contributed by atoms with van der Waals surface area (Å²) in [6.45, 7) is 21.5. The molecule has 11 rings (SSSR count). The van der Waals surface area contributed by atoms with Crippen LogP contribution in [0.5, 0.6) is 0 Å². The molecule has 8 aromatic rings. The highest BCUT2D eigenvalue weighted by Gasteiger charge is 2.53. The van der Waals surface area contributed by atoms with Gasteiger partial charge < -0.3 is 28.4 Å². The van der Waals surface area contributed by atoms with E-state index in [0.717, 1.165) is 45.0 Å². The maximum Gasteiger partial charge on any atom is 0.494 e. The molecular weight excluding hydrogens is 870 g/mol. The summed E-state index contributed by atoms with van der Waals surface area (Å²) in [5, 5.41) is 0. The van der Waals surface area contributed by atoms with Crippen LogP contribution in [0.4, 0.5) is 34.1 Å². The van der Waals surface area contributed by atoms with Crippen LogP contribution >= 0.6 is 0 Å². The summed E-state index contributed by atoms with van der Waals surface area (Å²) >= 11 is 0. The topological polar surface area (TPSA) is 43.4 Å². The minimum atomic E-state index is -0.449. The van der Waals surface area contributed by atoms with Gasteiger partial charge in [0.2, 0.25) is 0 Å². The Labute approximate surface area is 421 Å². The third-order valence-electron chi connectivity index (χ3n) is 16.0. The van der Waals surface area contributed by atoms with Crippen LogP contribution < -0.4 is 20.7 Å². The molecule has 354 valence electrons. The van der Waals surface area contributed by atoms with E-state index >= 15 is 0 Å². The SMILES string of the molecule is CC1(C)c2ccc(N(c3ccc(B4OC(C)(C)C(C)(C)O4)cc3)c3ccc(-c4ccccc4)cc3)cc2-c2cc(N(c3ccc(B4OC(C)(C)C(C)(C)O4)cc3)c3ccc(-c4ccccc4)cc3)ccc21. The average Bonchev–Trinajstić information content (AvgIpc) is 3.84. The zero-order valence-electron chi connectivity index (χ0n) is 42.7. The van der Waals surface area contributed by atoms with Gasteiger partial charge in [-0.1, -0.05) is 135 Å². The maximum absolute atomic E-state index is 6.47. The summed E-state index contributed by atoms with van der Waals surface area (Å²) in [5.41, 5.74) is 16.1. The van der Waals surface area contributed by atoms with Crippen molar-refractivity contribution in [1.29, 1.82) is 0 Å². The number of hydrogen-bond donors (Lipinski definition) is 0. The van der Waals surface area contributed by atoms with Crippen molar-refractivity contribution in [2.24, 2.45) is 0 Å². The van der Waals surface area contributed by atoms with Gasteiger partial charge in [0.25, 0.3) is 0 Å². The molecule has 0 N–H and O–H groups in total. The second-order valence-corrected chi connectivity index (χ2v) is 21.9. The zero-order valence-corrected chi connectivity index (χ0v) is 42.7. The first-order valence-corrected chi connectivity index (χ1v) is 25.0. The Morgan fingerprint density at radius 2 is 0.563 bits per heavy atom. The second-order valence-electron chi connectivity index (χ2n) is 21.9. The van der Waals surface area contributed by atoms with Gasteiger partial charge in [0.05, 0.1) is 22.4 Å². The Morgan fingerprint density at radius 3 is 0.873 bits per heavy atom. The molecule has 1 aliphatic carbocycles. The summed E-state index contributed by atoms with van der Waals surface area (Å²) in [4.78, 5) is 4.72. The van der Waals surface area contributed by atoms with Crippen LogP contribution in [0.3, 0.4) is 0 Å². The van der Waals surface area contributed by atoms with E-state index in [-0.39, 0.29) is 5.41 Å². The number of benzene rings is 8. The molecule has 8 aromatic carbocycles. The van der Waals surface area contributed by atoms with Crippen LogP contribution in [0.1, 0.15) is 80.4 Å². The fraction of sp³-hybridized carbons (Fsp3) is 0.238. The van der Waals surface area contributed by atoms with E-state index in [9.17, 15) is 0 Å². The molecule has 71 heavy (non-hydrogen) atoms. The first-order valence-electron chi connectivity index (χ1n) is 25.0. The Balaban J connectivity index is 0.999. The molecule has 2 aliphatic heterocycles. The fourth-order valence-corrected chi connectivity index (χ4v) is 10.3. The van der Waals surface area contributed by atoms with Crippen molar-refractivity contribution < 1.29 is 18.6 Å². The van der Waals surface area contributed by atoms with E-state index in [1.54, 1.807) is 0 Å². The minimum Gasteiger partial charge on any atom is -0.399 e. The highest BCUT2D eigenvalue weighted by atomic mass is 16.7. The predicted molar refractivity (Wildman–Crippen MR) is 296 cm³/mol. The van der Waals surface area contributed by atoms with Crippen molar-refractivity contribution in [3.63, 3.8) is 0 Å². The number of rotatable bonds is 10. The normalized spacial score (nSPS) is 17.7. The van der Waals surface area contributed by atoms with Crippen LogP contribution in [0, 0.1) is 0 Å². The molecule has 8 heteroatoms. The summed E-state index contributed by atoms with van der Waals surface area (Å²) in [7, 11) is -0.898. The van der Waals surface area contributed by atoms with Gasteiger partial charge >= 0.3 is 14.2 Å². The third kappa shape index (κ3) is 8.31. The standard InChI is InChI=1S/C63H62B2N2O4/c1-59(2)57-39-37-53(66(49-29-21-45(22-30-49)43-17-13-11-14-18-43)51-33-25-47(26-34-51)64-68-60(3,4)61(5,6)69-64)41-55(57)56-42-54(38-40-58(56)59)67(50-31-23-46(24-32-50)44-19-15-12-16-20-44)52-35-27-48(28-36-52)65-70-62(7,8)63(9,10)71-65/h11-42H,1-10H3. The Bertz CT molecular complexity index is 2980. The van der Waals surface area contributed by atoms with Gasteiger partial charge in [-0.3, -0.25) is 0 Å². The van der Waals surface area contributed by atoms with Gasteiger partial charge in [0, 0.05) is 39.5 Å². The number of nitrogens with zero attached hydrogens (tertiary/aromatic N) is 2. The Morgan fingerprint density at radius 1 is 0.296 bits per heavy atom. The Kier molecular flexibility index (Phi) is 11.4. The first-order chi connectivity index (χ1) is 33.9. The van der Waals surface area contributed by atoms with Gasteiger partial charge in [0.1, 0.15) is 0 Å². The summed E-state index contributed by atoms with van der Waals surface area (Å²) < 4.78 is 25.9. The molecule has 0 atom stereocenters. The number of anilines is 6. The predicted octanol–water partition coefficient (Wildman–Crippen LogP) is 14.9. The lowest BCUT2D eigenvalue weighted by Gasteiger charge is -2.32. The molecule has 0 saturated carbocycles. The van der Waals surface area contributed by atoms with E-state index in [1.165, 1.54) is 44.5 Å². The smallest absolute Gasteiger partial charge is 0.399 e.